The zero-order valence-electron chi connectivity index (χ0n) is 17.2. The second-order valence-corrected chi connectivity index (χ2v) is 10.5. The number of fused-ring (bicyclic) bond motifs is 1. The summed E-state index contributed by atoms with van der Waals surface area (Å²) < 4.78 is 6.26. The number of aromatic nitrogens is 1. The number of amides is 2. The van der Waals surface area contributed by atoms with E-state index in [2.05, 4.69) is 45.4 Å². The molecule has 27 heavy (non-hydrogen) atoms. The summed E-state index contributed by atoms with van der Waals surface area (Å²) in [6.45, 7) is 13.5. The van der Waals surface area contributed by atoms with Crippen LogP contribution in [0.25, 0.3) is 0 Å². The normalized spacial score (nSPS) is 17.8. The highest BCUT2D eigenvalue weighted by atomic mass is 79.9. The molecule has 0 spiro atoms. The minimum Gasteiger partial charge on any atom is -0.444 e. The summed E-state index contributed by atoms with van der Waals surface area (Å²) in [4.78, 5) is 29.2. The predicted molar refractivity (Wildman–Crippen MR) is 110 cm³/mol. The Bertz CT molecular complexity index is 738. The molecule has 6 nitrogen and oxygen atoms in total. The number of hydrogen-bond donors (Lipinski definition) is 2. The van der Waals surface area contributed by atoms with E-state index in [9.17, 15) is 9.59 Å². The Labute approximate surface area is 170 Å². The molecule has 2 heterocycles. The number of alkyl carbamates (subject to hydrolysis) is 1. The highest BCUT2D eigenvalue weighted by molar-refractivity contribution is 9.10. The van der Waals surface area contributed by atoms with Gasteiger partial charge in [0, 0.05) is 22.1 Å². The van der Waals surface area contributed by atoms with Crippen LogP contribution in [-0.4, -0.2) is 28.1 Å². The van der Waals surface area contributed by atoms with Crippen molar-refractivity contribution in [3.05, 3.63) is 22.3 Å². The van der Waals surface area contributed by atoms with Gasteiger partial charge in [-0.15, -0.1) is 0 Å². The van der Waals surface area contributed by atoms with Gasteiger partial charge in [0.15, 0.2) is 0 Å². The highest BCUT2D eigenvalue weighted by Gasteiger charge is 2.42. The molecular formula is C20H30BrN3O3. The second kappa shape index (κ2) is 7.41. The van der Waals surface area contributed by atoms with Crippen molar-refractivity contribution in [3.8, 4) is 0 Å². The van der Waals surface area contributed by atoms with Gasteiger partial charge in [0.2, 0.25) is 5.91 Å². The van der Waals surface area contributed by atoms with E-state index in [1.54, 1.807) is 6.20 Å². The number of carbonyl (C=O) groups excluding carboxylic acids is 2. The van der Waals surface area contributed by atoms with Gasteiger partial charge in [0.25, 0.3) is 0 Å². The maximum atomic E-state index is 12.7. The van der Waals surface area contributed by atoms with E-state index >= 15 is 0 Å². The van der Waals surface area contributed by atoms with Gasteiger partial charge in [0.1, 0.15) is 11.4 Å². The average molecular weight is 440 g/mol. The smallest absolute Gasteiger partial charge is 0.408 e. The highest BCUT2D eigenvalue weighted by Crippen LogP contribution is 2.41. The van der Waals surface area contributed by atoms with Crippen LogP contribution in [0, 0.1) is 11.3 Å². The van der Waals surface area contributed by atoms with Crippen molar-refractivity contribution >= 4 is 33.7 Å². The summed E-state index contributed by atoms with van der Waals surface area (Å²) in [7, 11) is 0. The Morgan fingerprint density at radius 3 is 2.52 bits per heavy atom. The van der Waals surface area contributed by atoms with Gasteiger partial charge in [-0.25, -0.2) is 9.78 Å². The average Bonchev–Trinajstić information content (AvgIpc) is 2.42. The zero-order chi connectivity index (χ0) is 20.6. The Balaban J connectivity index is 2.12. The first-order chi connectivity index (χ1) is 12.2. The molecule has 1 aromatic heterocycles. The van der Waals surface area contributed by atoms with Crippen molar-refractivity contribution in [2.45, 2.75) is 72.4 Å². The first kappa shape index (κ1) is 21.7. The van der Waals surface area contributed by atoms with Gasteiger partial charge in [0.05, 0.1) is 0 Å². The lowest BCUT2D eigenvalue weighted by atomic mass is 9.68. The van der Waals surface area contributed by atoms with Crippen molar-refractivity contribution in [2.75, 3.05) is 5.32 Å². The van der Waals surface area contributed by atoms with Crippen molar-refractivity contribution in [1.82, 2.24) is 10.3 Å². The van der Waals surface area contributed by atoms with Crippen molar-refractivity contribution in [1.29, 1.82) is 0 Å². The van der Waals surface area contributed by atoms with E-state index in [0.717, 1.165) is 10.0 Å². The third-order valence-corrected chi connectivity index (χ3v) is 5.03. The van der Waals surface area contributed by atoms with Crippen LogP contribution in [0.4, 0.5) is 10.6 Å². The van der Waals surface area contributed by atoms with Crippen LogP contribution in [0.15, 0.2) is 16.7 Å². The van der Waals surface area contributed by atoms with Crippen molar-refractivity contribution < 1.29 is 14.3 Å². The van der Waals surface area contributed by atoms with Gasteiger partial charge in [-0.2, -0.15) is 0 Å². The third-order valence-electron chi connectivity index (χ3n) is 4.60. The Hall–Kier alpha value is -1.63. The summed E-state index contributed by atoms with van der Waals surface area (Å²) in [5.41, 5.74) is -0.409. The van der Waals surface area contributed by atoms with E-state index in [0.29, 0.717) is 18.7 Å². The number of halogens is 1. The lowest BCUT2D eigenvalue weighted by Gasteiger charge is -2.41. The summed E-state index contributed by atoms with van der Waals surface area (Å²) >= 11 is 3.44. The monoisotopic (exact) mass is 439 g/mol. The molecule has 2 rings (SSSR count). The molecule has 1 atom stereocenters. The molecule has 2 amide bonds. The zero-order valence-corrected chi connectivity index (χ0v) is 18.8. The quantitative estimate of drug-likeness (QED) is 0.713. The molecule has 0 aliphatic carbocycles. The molecule has 1 aliphatic rings. The van der Waals surface area contributed by atoms with Crippen LogP contribution in [0.2, 0.25) is 0 Å². The first-order valence-electron chi connectivity index (χ1n) is 9.15. The maximum absolute atomic E-state index is 12.7. The Kier molecular flexibility index (Phi) is 5.95. The topological polar surface area (TPSA) is 80.3 Å². The van der Waals surface area contributed by atoms with Crippen LogP contribution in [-0.2, 0) is 16.0 Å². The third kappa shape index (κ3) is 5.92. The minimum atomic E-state index is -0.553. The van der Waals surface area contributed by atoms with E-state index in [1.807, 2.05) is 40.7 Å². The summed E-state index contributed by atoms with van der Waals surface area (Å²) in [6.07, 6.45) is 2.46. The van der Waals surface area contributed by atoms with E-state index in [1.165, 1.54) is 0 Å². The molecule has 2 N–H and O–H groups in total. The van der Waals surface area contributed by atoms with Crippen LogP contribution in [0.5, 0.6) is 0 Å². The number of carbonyl (C=O) groups is 2. The summed E-state index contributed by atoms with van der Waals surface area (Å²) in [6, 6.07) is 1.99. The molecule has 0 bridgehead atoms. The lowest BCUT2D eigenvalue weighted by Crippen LogP contribution is -2.51. The molecular weight excluding hydrogens is 410 g/mol. The van der Waals surface area contributed by atoms with Crippen LogP contribution >= 0.6 is 15.9 Å². The molecule has 1 aliphatic heterocycles. The van der Waals surface area contributed by atoms with Crippen LogP contribution < -0.4 is 10.6 Å². The molecule has 1 unspecified atom stereocenters. The SMILES string of the molecule is CC(C)(CC(C)(C)C1Cc2cc(Br)cnc2NC1=O)NC(=O)OC(C)(C)C. The largest absolute Gasteiger partial charge is 0.444 e. The summed E-state index contributed by atoms with van der Waals surface area (Å²) in [5, 5.41) is 5.86. The van der Waals surface area contributed by atoms with Crippen LogP contribution in [0.3, 0.4) is 0 Å². The van der Waals surface area contributed by atoms with Gasteiger partial charge in [-0.3, -0.25) is 4.79 Å². The van der Waals surface area contributed by atoms with Gasteiger partial charge in [-0.1, -0.05) is 13.8 Å². The fourth-order valence-corrected chi connectivity index (χ4v) is 4.16. The molecule has 0 radical (unpaired) electrons. The number of nitrogens with zero attached hydrogens (tertiary/aromatic N) is 1. The van der Waals surface area contributed by atoms with Crippen molar-refractivity contribution in [3.63, 3.8) is 0 Å². The number of hydrogen-bond acceptors (Lipinski definition) is 4. The Morgan fingerprint density at radius 1 is 1.30 bits per heavy atom. The van der Waals surface area contributed by atoms with E-state index < -0.39 is 17.2 Å². The molecule has 0 saturated heterocycles. The number of nitrogens with one attached hydrogen (secondary N) is 2. The molecule has 150 valence electrons. The second-order valence-electron chi connectivity index (χ2n) is 9.58. The number of pyridine rings is 1. The van der Waals surface area contributed by atoms with Crippen molar-refractivity contribution in [2.24, 2.45) is 11.3 Å². The molecule has 1 aromatic rings. The van der Waals surface area contributed by atoms with E-state index in [4.69, 9.17) is 4.74 Å². The number of rotatable bonds is 4. The predicted octanol–water partition coefficient (Wildman–Crippen LogP) is 4.67. The molecule has 7 heteroatoms. The molecule has 0 saturated carbocycles. The van der Waals surface area contributed by atoms with E-state index in [-0.39, 0.29) is 17.2 Å². The molecule has 0 fully saturated rings. The Morgan fingerprint density at radius 2 is 1.93 bits per heavy atom. The first-order valence-corrected chi connectivity index (χ1v) is 9.94. The number of anilines is 1. The summed E-state index contributed by atoms with van der Waals surface area (Å²) in [5.74, 6) is 0.373. The maximum Gasteiger partial charge on any atom is 0.408 e. The van der Waals surface area contributed by atoms with Gasteiger partial charge >= 0.3 is 6.09 Å². The minimum absolute atomic E-state index is 0.0320. The molecule has 0 aromatic carbocycles. The fraction of sp³-hybridized carbons (Fsp3) is 0.650. The fourth-order valence-electron chi connectivity index (χ4n) is 3.78. The lowest BCUT2D eigenvalue weighted by molar-refractivity contribution is -0.124. The van der Waals surface area contributed by atoms with Gasteiger partial charge in [-0.05, 0) is 80.4 Å². The van der Waals surface area contributed by atoms with Crippen LogP contribution in [0.1, 0.15) is 60.5 Å². The standard InChI is InChI=1S/C20H30BrN3O3/c1-18(2,3)27-17(26)24-20(6,7)11-19(4,5)14-9-12-8-13(21)10-22-15(12)23-16(14)25/h8,10,14H,9,11H2,1-7H3,(H,24,26)(H,22,23,25). The van der Waals surface area contributed by atoms with Gasteiger partial charge < -0.3 is 15.4 Å². The number of ether oxygens (including phenoxy) is 1.